The van der Waals surface area contributed by atoms with E-state index in [2.05, 4.69) is 23.9 Å². The topological polar surface area (TPSA) is 21.3 Å². The van der Waals surface area contributed by atoms with E-state index >= 15 is 0 Å². The van der Waals surface area contributed by atoms with Gasteiger partial charge in [-0.3, -0.25) is 0 Å². The minimum Gasteiger partial charge on any atom is -0.433 e. The predicted octanol–water partition coefficient (Wildman–Crippen LogP) is 4.52. The second-order valence-electron chi connectivity index (χ2n) is 5.48. The molecular formula is C15H21F2NO. The first-order chi connectivity index (χ1) is 9.06. The largest absolute Gasteiger partial charge is 0.433 e. The highest BCUT2D eigenvalue weighted by molar-refractivity contribution is 5.56. The minimum absolute atomic E-state index is 0.226. The number of benzene rings is 1. The standard InChI is InChI=1S/C15H21F2NO/c1-10-7-8-12(9-11(10)2)18-13-5-3-4-6-14(13)19-15(16)17/h3-6,10-12,15,18H,7-9H2,1-2H3. The maximum atomic E-state index is 12.3. The van der Waals surface area contributed by atoms with E-state index in [-0.39, 0.29) is 5.75 Å². The Kier molecular flexibility index (Phi) is 4.61. The molecule has 1 aromatic rings. The number of rotatable bonds is 4. The zero-order valence-electron chi connectivity index (χ0n) is 11.4. The van der Waals surface area contributed by atoms with Gasteiger partial charge in [-0.15, -0.1) is 0 Å². The lowest BCUT2D eigenvalue weighted by molar-refractivity contribution is -0.0494. The zero-order valence-corrected chi connectivity index (χ0v) is 11.4. The Bertz CT molecular complexity index is 411. The van der Waals surface area contributed by atoms with Gasteiger partial charge in [-0.2, -0.15) is 8.78 Å². The van der Waals surface area contributed by atoms with Crippen LogP contribution in [-0.4, -0.2) is 12.7 Å². The third-order valence-electron chi connectivity index (χ3n) is 4.06. The van der Waals surface area contributed by atoms with Gasteiger partial charge in [0.15, 0.2) is 0 Å². The summed E-state index contributed by atoms with van der Waals surface area (Å²) in [4.78, 5) is 0. The third-order valence-corrected chi connectivity index (χ3v) is 4.06. The van der Waals surface area contributed by atoms with Crippen LogP contribution < -0.4 is 10.1 Å². The molecule has 0 amide bonds. The quantitative estimate of drug-likeness (QED) is 0.867. The van der Waals surface area contributed by atoms with E-state index in [9.17, 15) is 8.78 Å². The van der Waals surface area contributed by atoms with Gasteiger partial charge in [0.25, 0.3) is 0 Å². The van der Waals surface area contributed by atoms with Crippen LogP contribution in [0.25, 0.3) is 0 Å². The molecule has 0 spiro atoms. The molecule has 3 atom stereocenters. The number of ether oxygens (including phenoxy) is 1. The first-order valence-corrected chi connectivity index (χ1v) is 6.86. The van der Waals surface area contributed by atoms with Crippen LogP contribution >= 0.6 is 0 Å². The van der Waals surface area contributed by atoms with Crippen LogP contribution in [-0.2, 0) is 0 Å². The zero-order chi connectivity index (χ0) is 13.8. The Morgan fingerprint density at radius 3 is 2.58 bits per heavy atom. The van der Waals surface area contributed by atoms with Crippen LogP contribution in [0.4, 0.5) is 14.5 Å². The molecule has 3 unspecified atom stereocenters. The Balaban J connectivity index is 2.02. The highest BCUT2D eigenvalue weighted by atomic mass is 19.3. The highest BCUT2D eigenvalue weighted by Crippen LogP contribution is 2.33. The SMILES string of the molecule is CC1CCC(Nc2ccccc2OC(F)F)CC1C. The Morgan fingerprint density at radius 2 is 1.89 bits per heavy atom. The van der Waals surface area contributed by atoms with Crippen molar-refractivity contribution in [3.05, 3.63) is 24.3 Å². The maximum Gasteiger partial charge on any atom is 0.387 e. The lowest BCUT2D eigenvalue weighted by Gasteiger charge is -2.33. The Labute approximate surface area is 113 Å². The molecule has 0 bridgehead atoms. The molecule has 2 rings (SSSR count). The molecule has 4 heteroatoms. The fourth-order valence-corrected chi connectivity index (χ4v) is 2.68. The third kappa shape index (κ3) is 3.82. The average Bonchev–Trinajstić information content (AvgIpc) is 2.36. The normalized spacial score (nSPS) is 27.3. The Morgan fingerprint density at radius 1 is 1.16 bits per heavy atom. The van der Waals surface area contributed by atoms with E-state index in [4.69, 9.17) is 0 Å². The molecule has 1 fully saturated rings. The number of para-hydroxylation sites is 2. The maximum absolute atomic E-state index is 12.3. The van der Waals surface area contributed by atoms with Gasteiger partial charge in [0.1, 0.15) is 5.75 Å². The molecule has 106 valence electrons. The summed E-state index contributed by atoms with van der Waals surface area (Å²) in [6.07, 6.45) is 3.33. The molecule has 2 nitrogen and oxygen atoms in total. The van der Waals surface area contributed by atoms with E-state index in [0.717, 1.165) is 18.8 Å². The van der Waals surface area contributed by atoms with Gasteiger partial charge in [-0.1, -0.05) is 26.0 Å². The molecule has 0 aromatic heterocycles. The van der Waals surface area contributed by atoms with Gasteiger partial charge < -0.3 is 10.1 Å². The monoisotopic (exact) mass is 269 g/mol. The van der Waals surface area contributed by atoms with Crippen molar-refractivity contribution in [3.63, 3.8) is 0 Å². The lowest BCUT2D eigenvalue weighted by Crippen LogP contribution is -2.30. The molecule has 1 N–H and O–H groups in total. The van der Waals surface area contributed by atoms with Gasteiger partial charge >= 0.3 is 6.61 Å². The van der Waals surface area contributed by atoms with Crippen molar-refractivity contribution >= 4 is 5.69 Å². The van der Waals surface area contributed by atoms with Gasteiger partial charge in [-0.25, -0.2) is 0 Å². The van der Waals surface area contributed by atoms with E-state index in [1.807, 2.05) is 6.07 Å². The molecule has 1 aromatic carbocycles. The van der Waals surface area contributed by atoms with E-state index < -0.39 is 6.61 Å². The van der Waals surface area contributed by atoms with Crippen molar-refractivity contribution in [3.8, 4) is 5.75 Å². The van der Waals surface area contributed by atoms with E-state index in [1.54, 1.807) is 18.2 Å². The predicted molar refractivity (Wildman–Crippen MR) is 72.7 cm³/mol. The number of halogens is 2. The number of alkyl halides is 2. The minimum atomic E-state index is -2.78. The average molecular weight is 269 g/mol. The summed E-state index contributed by atoms with van der Waals surface area (Å²) in [5.41, 5.74) is 0.662. The fourth-order valence-electron chi connectivity index (χ4n) is 2.68. The summed E-state index contributed by atoms with van der Waals surface area (Å²) < 4.78 is 29.2. The fraction of sp³-hybridized carbons (Fsp3) is 0.600. The van der Waals surface area contributed by atoms with Crippen LogP contribution in [0.15, 0.2) is 24.3 Å². The van der Waals surface area contributed by atoms with Crippen molar-refractivity contribution in [1.29, 1.82) is 0 Å². The molecule has 1 saturated carbocycles. The van der Waals surface area contributed by atoms with Gasteiger partial charge in [0.05, 0.1) is 5.69 Å². The van der Waals surface area contributed by atoms with E-state index in [0.29, 0.717) is 17.6 Å². The van der Waals surface area contributed by atoms with Gasteiger partial charge in [0.2, 0.25) is 0 Å². The summed E-state index contributed by atoms with van der Waals surface area (Å²) in [5.74, 6) is 1.63. The van der Waals surface area contributed by atoms with Crippen LogP contribution in [0.1, 0.15) is 33.1 Å². The number of anilines is 1. The van der Waals surface area contributed by atoms with Gasteiger partial charge in [-0.05, 0) is 43.2 Å². The lowest BCUT2D eigenvalue weighted by atomic mass is 9.79. The first kappa shape index (κ1) is 14.1. The molecule has 0 aliphatic heterocycles. The smallest absolute Gasteiger partial charge is 0.387 e. The highest BCUT2D eigenvalue weighted by Gasteiger charge is 2.25. The molecule has 1 aliphatic rings. The molecule has 0 saturated heterocycles. The van der Waals surface area contributed by atoms with Crippen molar-refractivity contribution in [2.24, 2.45) is 11.8 Å². The molecule has 0 radical (unpaired) electrons. The van der Waals surface area contributed by atoms with Crippen molar-refractivity contribution in [1.82, 2.24) is 0 Å². The molecule has 1 aliphatic carbocycles. The summed E-state index contributed by atoms with van der Waals surface area (Å²) in [6, 6.07) is 7.24. The second kappa shape index (κ2) is 6.22. The van der Waals surface area contributed by atoms with Gasteiger partial charge in [0, 0.05) is 6.04 Å². The van der Waals surface area contributed by atoms with Crippen LogP contribution in [0, 0.1) is 11.8 Å². The summed E-state index contributed by atoms with van der Waals surface area (Å²) in [5, 5.41) is 3.35. The van der Waals surface area contributed by atoms with E-state index in [1.165, 1.54) is 6.42 Å². The number of hydrogen-bond acceptors (Lipinski definition) is 2. The molecule has 0 heterocycles. The van der Waals surface area contributed by atoms with Crippen molar-refractivity contribution < 1.29 is 13.5 Å². The summed E-state index contributed by atoms with van der Waals surface area (Å²) >= 11 is 0. The van der Waals surface area contributed by atoms with Crippen molar-refractivity contribution in [2.75, 3.05) is 5.32 Å². The molecule has 19 heavy (non-hydrogen) atoms. The van der Waals surface area contributed by atoms with Crippen LogP contribution in [0.5, 0.6) is 5.75 Å². The van der Waals surface area contributed by atoms with Crippen LogP contribution in [0.3, 0.4) is 0 Å². The summed E-state index contributed by atoms with van der Waals surface area (Å²) in [6.45, 7) is 1.74. The van der Waals surface area contributed by atoms with Crippen molar-refractivity contribution in [2.45, 2.75) is 45.8 Å². The number of nitrogens with one attached hydrogen (secondary N) is 1. The first-order valence-electron chi connectivity index (χ1n) is 6.86. The Hall–Kier alpha value is -1.32. The van der Waals surface area contributed by atoms with Crippen LogP contribution in [0.2, 0.25) is 0 Å². The second-order valence-corrected chi connectivity index (χ2v) is 5.48. The summed E-state index contributed by atoms with van der Waals surface area (Å²) in [7, 11) is 0. The molecular weight excluding hydrogens is 248 g/mol. The number of hydrogen-bond donors (Lipinski definition) is 1.